The van der Waals surface area contributed by atoms with Crippen LogP contribution in [-0.4, -0.2) is 24.0 Å². The van der Waals surface area contributed by atoms with E-state index in [1.165, 1.54) is 23.1 Å². The van der Waals surface area contributed by atoms with Gasteiger partial charge >= 0.3 is 0 Å². The van der Waals surface area contributed by atoms with E-state index in [-0.39, 0.29) is 11.6 Å². The van der Waals surface area contributed by atoms with Gasteiger partial charge < -0.3 is 9.64 Å². The average Bonchev–Trinajstić information content (AvgIpc) is 2.36. The Hall–Kier alpha value is -2.11. The van der Waals surface area contributed by atoms with Crippen molar-refractivity contribution in [3.63, 3.8) is 0 Å². The van der Waals surface area contributed by atoms with Crippen molar-refractivity contribution in [2.24, 2.45) is 0 Å². The number of non-ortho nitro benzene ring substituents is 1. The third-order valence-electron chi connectivity index (χ3n) is 2.62. The van der Waals surface area contributed by atoms with Gasteiger partial charge in [-0.3, -0.25) is 14.9 Å². The quantitative estimate of drug-likeness (QED) is 0.579. The van der Waals surface area contributed by atoms with E-state index in [1.54, 1.807) is 6.92 Å². The number of nitrogens with zero attached hydrogens (tertiary/aromatic N) is 2. The topological polar surface area (TPSA) is 72.7 Å². The molecule has 2 rings (SSSR count). The standard InChI is InChI=1S/C11H12N2O4/c1-2-11(14)12-5-6-17-10-4-3-8(13(15)16)7-9(10)12/h3-4,7H,2,5-6H2,1H3. The Bertz CT molecular complexity index is 473. The smallest absolute Gasteiger partial charge is 0.271 e. The molecule has 0 atom stereocenters. The summed E-state index contributed by atoms with van der Waals surface area (Å²) in [6.45, 7) is 2.60. The van der Waals surface area contributed by atoms with Gasteiger partial charge in [-0.25, -0.2) is 0 Å². The lowest BCUT2D eigenvalue weighted by Crippen LogP contribution is -2.37. The Morgan fingerprint density at radius 3 is 3.00 bits per heavy atom. The Balaban J connectivity index is 2.44. The minimum Gasteiger partial charge on any atom is -0.490 e. The molecule has 0 saturated heterocycles. The molecule has 6 heteroatoms. The molecule has 0 unspecified atom stereocenters. The number of benzene rings is 1. The van der Waals surface area contributed by atoms with Gasteiger partial charge in [-0.05, 0) is 6.07 Å². The molecule has 6 nitrogen and oxygen atoms in total. The molecule has 1 aromatic carbocycles. The van der Waals surface area contributed by atoms with Gasteiger partial charge in [0, 0.05) is 18.6 Å². The summed E-state index contributed by atoms with van der Waals surface area (Å²) in [5, 5.41) is 10.7. The molecule has 0 aromatic heterocycles. The number of fused-ring (bicyclic) bond motifs is 1. The van der Waals surface area contributed by atoms with Crippen LogP contribution in [0.3, 0.4) is 0 Å². The Morgan fingerprint density at radius 1 is 1.59 bits per heavy atom. The maximum Gasteiger partial charge on any atom is 0.271 e. The van der Waals surface area contributed by atoms with E-state index in [1.807, 2.05) is 0 Å². The van der Waals surface area contributed by atoms with Crippen molar-refractivity contribution in [1.29, 1.82) is 0 Å². The van der Waals surface area contributed by atoms with Gasteiger partial charge in [0.05, 0.1) is 17.2 Å². The van der Waals surface area contributed by atoms with E-state index >= 15 is 0 Å². The molecule has 1 heterocycles. The SMILES string of the molecule is CCC(=O)N1CCOc2ccc([N+](=O)[O-])cc21. The molecule has 0 radical (unpaired) electrons. The monoisotopic (exact) mass is 236 g/mol. The molecular weight excluding hydrogens is 224 g/mol. The zero-order chi connectivity index (χ0) is 12.4. The van der Waals surface area contributed by atoms with Crippen LogP contribution in [0.2, 0.25) is 0 Å². The van der Waals surface area contributed by atoms with Crippen LogP contribution in [0.1, 0.15) is 13.3 Å². The number of carbonyl (C=O) groups is 1. The summed E-state index contributed by atoms with van der Waals surface area (Å²) in [4.78, 5) is 23.5. The number of amides is 1. The van der Waals surface area contributed by atoms with Crippen LogP contribution in [0.15, 0.2) is 18.2 Å². The van der Waals surface area contributed by atoms with Crippen LogP contribution < -0.4 is 9.64 Å². The van der Waals surface area contributed by atoms with Crippen molar-refractivity contribution < 1.29 is 14.5 Å². The molecule has 1 aliphatic rings. The van der Waals surface area contributed by atoms with Crippen molar-refractivity contribution in [3.8, 4) is 5.75 Å². The summed E-state index contributed by atoms with van der Waals surface area (Å²) < 4.78 is 5.37. The average molecular weight is 236 g/mol. The van der Waals surface area contributed by atoms with Crippen molar-refractivity contribution >= 4 is 17.3 Å². The van der Waals surface area contributed by atoms with Gasteiger partial charge in [0.25, 0.3) is 5.69 Å². The summed E-state index contributed by atoms with van der Waals surface area (Å²) in [6.07, 6.45) is 0.363. The number of hydrogen-bond acceptors (Lipinski definition) is 4. The van der Waals surface area contributed by atoms with Gasteiger partial charge in [-0.15, -0.1) is 0 Å². The van der Waals surface area contributed by atoms with Crippen LogP contribution >= 0.6 is 0 Å². The molecule has 0 saturated carbocycles. The first kappa shape index (κ1) is 11.4. The van der Waals surface area contributed by atoms with Crippen molar-refractivity contribution in [1.82, 2.24) is 0 Å². The number of ether oxygens (including phenoxy) is 1. The highest BCUT2D eigenvalue weighted by Crippen LogP contribution is 2.35. The lowest BCUT2D eigenvalue weighted by atomic mass is 10.2. The largest absolute Gasteiger partial charge is 0.490 e. The normalized spacial score (nSPS) is 13.8. The van der Waals surface area contributed by atoms with Crippen LogP contribution in [0.4, 0.5) is 11.4 Å². The van der Waals surface area contributed by atoms with Crippen molar-refractivity contribution in [2.75, 3.05) is 18.1 Å². The van der Waals surface area contributed by atoms with Crippen LogP contribution in [0.25, 0.3) is 0 Å². The van der Waals surface area contributed by atoms with E-state index < -0.39 is 4.92 Å². The third-order valence-corrected chi connectivity index (χ3v) is 2.62. The fourth-order valence-corrected chi connectivity index (χ4v) is 1.77. The first-order chi connectivity index (χ1) is 8.13. The van der Waals surface area contributed by atoms with Gasteiger partial charge in [0.2, 0.25) is 5.91 Å². The Labute approximate surface area is 97.9 Å². The Morgan fingerprint density at radius 2 is 2.35 bits per heavy atom. The second kappa shape index (κ2) is 4.40. The lowest BCUT2D eigenvalue weighted by Gasteiger charge is -2.29. The molecular formula is C11H12N2O4. The second-order valence-electron chi connectivity index (χ2n) is 3.66. The third kappa shape index (κ3) is 2.06. The minimum absolute atomic E-state index is 0.0387. The lowest BCUT2D eigenvalue weighted by molar-refractivity contribution is -0.384. The predicted octanol–water partition coefficient (Wildman–Crippen LogP) is 1.73. The fraction of sp³-hybridized carbons (Fsp3) is 0.364. The molecule has 17 heavy (non-hydrogen) atoms. The molecule has 0 aliphatic carbocycles. The summed E-state index contributed by atoms with van der Waals surface area (Å²) in [5.74, 6) is 0.457. The van der Waals surface area contributed by atoms with E-state index in [0.29, 0.717) is 31.0 Å². The molecule has 0 bridgehead atoms. The molecule has 90 valence electrons. The van der Waals surface area contributed by atoms with Gasteiger partial charge in [-0.1, -0.05) is 6.92 Å². The summed E-state index contributed by atoms with van der Waals surface area (Å²) in [6, 6.07) is 4.28. The summed E-state index contributed by atoms with van der Waals surface area (Å²) >= 11 is 0. The van der Waals surface area contributed by atoms with E-state index in [2.05, 4.69) is 0 Å². The number of hydrogen-bond donors (Lipinski definition) is 0. The first-order valence-electron chi connectivity index (χ1n) is 5.35. The number of nitro benzene ring substituents is 1. The highest BCUT2D eigenvalue weighted by molar-refractivity contribution is 5.95. The van der Waals surface area contributed by atoms with E-state index in [0.717, 1.165) is 0 Å². The number of nitro groups is 1. The van der Waals surface area contributed by atoms with Crippen molar-refractivity contribution in [3.05, 3.63) is 28.3 Å². The maximum absolute atomic E-state index is 11.7. The van der Waals surface area contributed by atoms with Crippen LogP contribution in [-0.2, 0) is 4.79 Å². The number of rotatable bonds is 2. The second-order valence-corrected chi connectivity index (χ2v) is 3.66. The summed E-state index contributed by atoms with van der Waals surface area (Å²) in [5.41, 5.74) is 0.445. The van der Waals surface area contributed by atoms with Gasteiger partial charge in [0.1, 0.15) is 12.4 Å². The number of carbonyl (C=O) groups excluding carboxylic acids is 1. The van der Waals surface area contributed by atoms with E-state index in [9.17, 15) is 14.9 Å². The van der Waals surface area contributed by atoms with Crippen LogP contribution in [0.5, 0.6) is 5.75 Å². The molecule has 1 aliphatic heterocycles. The van der Waals surface area contributed by atoms with Crippen LogP contribution in [0, 0.1) is 10.1 Å². The minimum atomic E-state index is -0.483. The highest BCUT2D eigenvalue weighted by atomic mass is 16.6. The fourth-order valence-electron chi connectivity index (χ4n) is 1.77. The molecule has 0 N–H and O–H groups in total. The van der Waals surface area contributed by atoms with Gasteiger partial charge in [0.15, 0.2) is 0 Å². The first-order valence-corrected chi connectivity index (χ1v) is 5.35. The summed E-state index contributed by atoms with van der Waals surface area (Å²) in [7, 11) is 0. The molecule has 0 fully saturated rings. The Kier molecular flexibility index (Phi) is 2.95. The zero-order valence-electron chi connectivity index (χ0n) is 9.38. The molecule has 1 amide bonds. The molecule has 0 spiro atoms. The van der Waals surface area contributed by atoms with E-state index in [4.69, 9.17) is 4.74 Å². The maximum atomic E-state index is 11.7. The zero-order valence-corrected chi connectivity index (χ0v) is 9.38. The van der Waals surface area contributed by atoms with Crippen molar-refractivity contribution in [2.45, 2.75) is 13.3 Å². The van der Waals surface area contributed by atoms with Gasteiger partial charge in [-0.2, -0.15) is 0 Å². The highest BCUT2D eigenvalue weighted by Gasteiger charge is 2.24. The molecule has 1 aromatic rings. The predicted molar refractivity (Wildman–Crippen MR) is 61.2 cm³/mol. The number of anilines is 1.